The molecule has 0 spiro atoms. The van der Waals surface area contributed by atoms with E-state index in [4.69, 9.17) is 18.9 Å². The quantitative estimate of drug-likeness (QED) is 0.0734. The number of ether oxygens (including phenoxy) is 4. The van der Waals surface area contributed by atoms with Crippen molar-refractivity contribution < 1.29 is 38.1 Å². The van der Waals surface area contributed by atoms with Crippen molar-refractivity contribution in [2.45, 2.75) is 117 Å². The lowest BCUT2D eigenvalue weighted by molar-refractivity contribution is -0.144. The van der Waals surface area contributed by atoms with Crippen molar-refractivity contribution in [3.63, 3.8) is 0 Å². The Morgan fingerprint density at radius 2 is 1.05 bits per heavy atom. The number of likely N-dealkylation sites (N-methyl/N-ethyl adjacent to an activating group) is 1. The second-order valence-electron chi connectivity index (χ2n) is 11.3. The normalized spacial score (nSPS) is 12.5. The number of alkyl carbamates (subject to hydrolysis) is 2. The number of unbranched alkanes of at least 4 members (excludes halogenated alkanes) is 2. The zero-order chi connectivity index (χ0) is 33.0. The number of nitrogens with one attached hydrogen (secondary N) is 2. The number of amides is 2. The Morgan fingerprint density at radius 1 is 0.614 bits per heavy atom. The second kappa shape index (κ2) is 27.9. The minimum absolute atomic E-state index is 0.0504. The molecule has 2 unspecified atom stereocenters. The maximum Gasteiger partial charge on any atom is 0.407 e. The van der Waals surface area contributed by atoms with Crippen LogP contribution in [0.5, 0.6) is 0 Å². The molecular formula is C32H62N4O8. The summed E-state index contributed by atoms with van der Waals surface area (Å²) in [6, 6.07) is 0. The molecule has 2 amide bonds. The molecule has 2 N–H and O–H groups in total. The van der Waals surface area contributed by atoms with E-state index in [1.165, 1.54) is 0 Å². The molecule has 0 aromatic rings. The van der Waals surface area contributed by atoms with Crippen molar-refractivity contribution in [1.82, 2.24) is 20.4 Å². The van der Waals surface area contributed by atoms with Gasteiger partial charge in [-0.25, -0.2) is 9.59 Å². The topological polar surface area (TPSA) is 136 Å². The highest BCUT2D eigenvalue weighted by molar-refractivity contribution is 5.70. The maximum absolute atomic E-state index is 12.3. The van der Waals surface area contributed by atoms with Crippen molar-refractivity contribution in [3.05, 3.63) is 0 Å². The fourth-order valence-corrected chi connectivity index (χ4v) is 4.25. The first-order chi connectivity index (χ1) is 21.1. The number of esters is 2. The van der Waals surface area contributed by atoms with Crippen LogP contribution in [0, 0.1) is 0 Å². The van der Waals surface area contributed by atoms with E-state index in [0.29, 0.717) is 71.6 Å². The van der Waals surface area contributed by atoms with Gasteiger partial charge in [-0.3, -0.25) is 9.59 Å². The lowest BCUT2D eigenvalue weighted by atomic mass is 10.2. The summed E-state index contributed by atoms with van der Waals surface area (Å²) < 4.78 is 21.5. The molecule has 12 heteroatoms. The van der Waals surface area contributed by atoms with Crippen molar-refractivity contribution in [2.75, 3.05) is 66.6 Å². The zero-order valence-corrected chi connectivity index (χ0v) is 28.5. The average Bonchev–Trinajstić information content (AvgIpc) is 2.99. The second-order valence-corrected chi connectivity index (χ2v) is 11.3. The third-order valence-corrected chi connectivity index (χ3v) is 7.01. The summed E-state index contributed by atoms with van der Waals surface area (Å²) in [5.41, 5.74) is 0. The third kappa shape index (κ3) is 24.8. The fraction of sp³-hybridized carbons (Fsp3) is 0.875. The highest BCUT2D eigenvalue weighted by atomic mass is 16.6. The number of nitrogens with zero attached hydrogens (tertiary/aromatic N) is 2. The Balaban J connectivity index is 4.13. The first-order valence-electron chi connectivity index (χ1n) is 16.7. The zero-order valence-electron chi connectivity index (χ0n) is 28.5. The number of hydrogen-bond acceptors (Lipinski definition) is 10. The molecule has 12 nitrogen and oxygen atoms in total. The van der Waals surface area contributed by atoms with Crippen LogP contribution in [0.25, 0.3) is 0 Å². The van der Waals surface area contributed by atoms with Crippen molar-refractivity contribution >= 4 is 24.1 Å². The van der Waals surface area contributed by atoms with Crippen LogP contribution in [0.1, 0.15) is 105 Å². The van der Waals surface area contributed by atoms with Crippen LogP contribution in [0.2, 0.25) is 0 Å². The molecule has 0 aromatic carbocycles. The monoisotopic (exact) mass is 630 g/mol. The van der Waals surface area contributed by atoms with Crippen molar-refractivity contribution in [2.24, 2.45) is 0 Å². The molecule has 0 heterocycles. The number of carbonyl (C=O) groups excluding carboxylic acids is 4. The molecule has 0 rings (SSSR count). The molecule has 0 saturated heterocycles. The predicted molar refractivity (Wildman–Crippen MR) is 172 cm³/mol. The van der Waals surface area contributed by atoms with Gasteiger partial charge in [-0.15, -0.1) is 0 Å². The van der Waals surface area contributed by atoms with Gasteiger partial charge in [0.1, 0.15) is 12.2 Å². The van der Waals surface area contributed by atoms with Crippen LogP contribution in [0.3, 0.4) is 0 Å². The Bertz CT molecular complexity index is 713. The number of rotatable bonds is 27. The molecular weight excluding hydrogens is 568 g/mol. The van der Waals surface area contributed by atoms with Gasteiger partial charge in [0.2, 0.25) is 0 Å². The van der Waals surface area contributed by atoms with E-state index >= 15 is 0 Å². The summed E-state index contributed by atoms with van der Waals surface area (Å²) in [5, 5.41) is 5.49. The van der Waals surface area contributed by atoms with Crippen LogP contribution in [0.15, 0.2) is 0 Å². The molecule has 0 aliphatic heterocycles. The summed E-state index contributed by atoms with van der Waals surface area (Å²) in [5.74, 6) is -0.568. The summed E-state index contributed by atoms with van der Waals surface area (Å²) in [6.07, 6.45) is 7.47. The van der Waals surface area contributed by atoms with E-state index in [1.54, 1.807) is 0 Å². The molecule has 0 radical (unpaired) electrons. The van der Waals surface area contributed by atoms with Gasteiger partial charge < -0.3 is 39.4 Å². The number of hydrogen-bond donors (Lipinski definition) is 2. The SMILES string of the molecule is CCCC(CC)OC(=O)NCCCCOC(=O)CCN(CCC(=O)OCCCCNC(=O)OC(CC)CCC)CCN(C)C. The van der Waals surface area contributed by atoms with Gasteiger partial charge >= 0.3 is 24.1 Å². The molecule has 44 heavy (non-hydrogen) atoms. The smallest absolute Gasteiger partial charge is 0.407 e. The summed E-state index contributed by atoms with van der Waals surface area (Å²) >= 11 is 0. The van der Waals surface area contributed by atoms with Gasteiger partial charge in [0.05, 0.1) is 26.1 Å². The Kier molecular flexibility index (Phi) is 26.3. The van der Waals surface area contributed by atoms with Gasteiger partial charge in [-0.1, -0.05) is 40.5 Å². The lowest BCUT2D eigenvalue weighted by Gasteiger charge is -2.23. The Labute approximate surface area is 266 Å². The van der Waals surface area contributed by atoms with Gasteiger partial charge in [0.25, 0.3) is 0 Å². The van der Waals surface area contributed by atoms with Gasteiger partial charge in [-0.05, 0) is 65.5 Å². The van der Waals surface area contributed by atoms with Gasteiger partial charge in [0, 0.05) is 39.3 Å². The van der Waals surface area contributed by atoms with Gasteiger partial charge in [-0.2, -0.15) is 0 Å². The van der Waals surface area contributed by atoms with E-state index in [-0.39, 0.29) is 37.0 Å². The Hall–Kier alpha value is -2.60. The van der Waals surface area contributed by atoms with E-state index in [1.807, 2.05) is 27.9 Å². The first kappa shape index (κ1) is 41.4. The summed E-state index contributed by atoms with van der Waals surface area (Å²) in [7, 11) is 3.95. The fourth-order valence-electron chi connectivity index (χ4n) is 4.25. The van der Waals surface area contributed by atoms with Crippen molar-refractivity contribution in [1.29, 1.82) is 0 Å². The lowest BCUT2D eigenvalue weighted by Crippen LogP contribution is -2.35. The van der Waals surface area contributed by atoms with E-state index < -0.39 is 12.2 Å². The number of carbonyl (C=O) groups is 4. The molecule has 0 aromatic heterocycles. The van der Waals surface area contributed by atoms with Crippen molar-refractivity contribution in [3.8, 4) is 0 Å². The van der Waals surface area contributed by atoms with Crippen LogP contribution in [0.4, 0.5) is 9.59 Å². The largest absolute Gasteiger partial charge is 0.466 e. The average molecular weight is 631 g/mol. The molecule has 0 fully saturated rings. The molecule has 2 atom stereocenters. The van der Waals surface area contributed by atoms with Crippen LogP contribution < -0.4 is 10.6 Å². The molecule has 0 saturated carbocycles. The minimum atomic E-state index is -0.400. The standard InChI is InChI=1S/C32H62N4O8/c1-7-15-27(9-3)43-31(39)33-19-11-13-25-41-29(37)17-21-36(24-23-35(5)6)22-18-30(38)42-26-14-12-20-34-32(40)44-28(10-4)16-8-2/h27-28H,7-26H2,1-6H3,(H,33,39)(H,34,40). The highest BCUT2D eigenvalue weighted by Crippen LogP contribution is 2.07. The Morgan fingerprint density at radius 3 is 1.41 bits per heavy atom. The maximum atomic E-state index is 12.3. The van der Waals surface area contributed by atoms with E-state index in [0.717, 1.165) is 45.1 Å². The van der Waals surface area contributed by atoms with Gasteiger partial charge in [0.15, 0.2) is 0 Å². The predicted octanol–water partition coefficient (Wildman–Crippen LogP) is 4.89. The highest BCUT2D eigenvalue weighted by Gasteiger charge is 2.14. The molecule has 258 valence electrons. The molecule has 0 aliphatic carbocycles. The minimum Gasteiger partial charge on any atom is -0.466 e. The third-order valence-electron chi connectivity index (χ3n) is 7.01. The first-order valence-corrected chi connectivity index (χ1v) is 16.7. The summed E-state index contributed by atoms with van der Waals surface area (Å²) in [4.78, 5) is 52.4. The molecule has 0 bridgehead atoms. The van der Waals surface area contributed by atoms with E-state index in [9.17, 15) is 19.2 Å². The van der Waals surface area contributed by atoms with Crippen LogP contribution in [-0.4, -0.2) is 113 Å². The van der Waals surface area contributed by atoms with E-state index in [2.05, 4.69) is 34.3 Å². The summed E-state index contributed by atoms with van der Waals surface area (Å²) in [6.45, 7) is 12.1. The van der Waals surface area contributed by atoms with Crippen LogP contribution >= 0.6 is 0 Å². The van der Waals surface area contributed by atoms with Crippen LogP contribution in [-0.2, 0) is 28.5 Å². The molecule has 0 aliphatic rings.